The van der Waals surface area contributed by atoms with E-state index >= 15 is 0 Å². The second-order valence-corrected chi connectivity index (χ2v) is 14.9. The lowest BCUT2D eigenvalue weighted by Gasteiger charge is -2.39. The van der Waals surface area contributed by atoms with Crippen LogP contribution >= 0.6 is 47.2 Å². The third kappa shape index (κ3) is 11.9. The van der Waals surface area contributed by atoms with Gasteiger partial charge in [-0.15, -0.1) is 12.4 Å². The number of hydrogen-bond donors (Lipinski definition) is 1. The normalized spacial score (nSPS) is 21.1. The molecule has 1 amide bonds. The minimum absolute atomic E-state index is 0. The molecule has 0 bridgehead atoms. The van der Waals surface area contributed by atoms with Crippen LogP contribution in [0.3, 0.4) is 0 Å². The Labute approximate surface area is 320 Å². The summed E-state index contributed by atoms with van der Waals surface area (Å²) in [6.45, 7) is 8.13. The highest BCUT2D eigenvalue weighted by Gasteiger charge is 2.37. The Morgan fingerprint density at radius 2 is 1.49 bits per heavy atom. The van der Waals surface area contributed by atoms with E-state index in [9.17, 15) is 19.6 Å². The number of carbonyl (C=O) groups excluding carboxylic acids is 3. The Morgan fingerprint density at radius 3 is 2.08 bits per heavy atom. The summed E-state index contributed by atoms with van der Waals surface area (Å²) >= 11 is 17.5. The highest BCUT2D eigenvalue weighted by atomic mass is 35.5. The van der Waals surface area contributed by atoms with Gasteiger partial charge in [0.05, 0.1) is 24.3 Å². The van der Waals surface area contributed by atoms with Crippen molar-refractivity contribution in [2.75, 3.05) is 19.6 Å². The van der Waals surface area contributed by atoms with Crippen molar-refractivity contribution in [3.05, 3.63) is 43.9 Å². The smallest absolute Gasteiger partial charge is 0.410 e. The first-order chi connectivity index (χ1) is 23.8. The van der Waals surface area contributed by atoms with E-state index in [1.54, 1.807) is 4.90 Å². The zero-order valence-corrected chi connectivity index (χ0v) is 32.2. The maximum absolute atomic E-state index is 12.6. The molecule has 2 saturated heterocycles. The molecule has 1 N–H and O–H groups in total. The maximum atomic E-state index is 12.6. The molecular formula is C35H44Cl4N8O4. The van der Waals surface area contributed by atoms with Gasteiger partial charge in [-0.2, -0.15) is 10.5 Å². The van der Waals surface area contributed by atoms with Crippen molar-refractivity contribution >= 4 is 64.9 Å². The van der Waals surface area contributed by atoms with E-state index in [2.05, 4.69) is 37.4 Å². The van der Waals surface area contributed by atoms with E-state index in [0.29, 0.717) is 54.7 Å². The summed E-state index contributed by atoms with van der Waals surface area (Å²) in [5, 5.41) is 21.3. The van der Waals surface area contributed by atoms with E-state index in [1.807, 2.05) is 20.8 Å². The zero-order chi connectivity index (χ0) is 36.4. The Bertz CT molecular complexity index is 1650. The van der Waals surface area contributed by atoms with E-state index < -0.39 is 11.7 Å². The van der Waals surface area contributed by atoms with Crippen LogP contribution in [-0.2, 0) is 17.6 Å². The fraction of sp³-hybridized carbons (Fsp3) is 0.629. The minimum Gasteiger partial charge on any atom is -0.444 e. The Morgan fingerprint density at radius 1 is 0.882 bits per heavy atom. The molecule has 51 heavy (non-hydrogen) atoms. The highest BCUT2D eigenvalue weighted by Crippen LogP contribution is 2.37. The lowest BCUT2D eigenvalue weighted by molar-refractivity contribution is 0.00846. The predicted molar refractivity (Wildman–Crippen MR) is 196 cm³/mol. The van der Waals surface area contributed by atoms with Crippen molar-refractivity contribution in [2.45, 2.75) is 115 Å². The summed E-state index contributed by atoms with van der Waals surface area (Å²) in [5.74, 6) is 0.667. The van der Waals surface area contributed by atoms with Gasteiger partial charge in [0.2, 0.25) is 10.6 Å². The fourth-order valence-corrected chi connectivity index (χ4v) is 7.30. The van der Waals surface area contributed by atoms with E-state index in [-0.39, 0.29) is 52.9 Å². The quantitative estimate of drug-likeness (QED) is 0.239. The predicted octanol–water partition coefficient (Wildman–Crippen LogP) is 7.67. The second kappa shape index (κ2) is 19.6. The van der Waals surface area contributed by atoms with Gasteiger partial charge < -0.3 is 15.0 Å². The molecule has 0 radical (unpaired) electrons. The number of hydrogen-bond acceptors (Lipinski definition) is 11. The van der Waals surface area contributed by atoms with Gasteiger partial charge in [-0.05, 0) is 114 Å². The van der Waals surface area contributed by atoms with Gasteiger partial charge in [-0.25, -0.2) is 24.7 Å². The summed E-state index contributed by atoms with van der Waals surface area (Å²) in [6, 6.07) is 4.11. The summed E-state index contributed by atoms with van der Waals surface area (Å²) in [5.41, 5.74) is 2.67. The number of fused-ring (bicyclic) bond motifs is 2. The fourth-order valence-electron chi connectivity index (χ4n) is 6.65. The highest BCUT2D eigenvalue weighted by molar-refractivity contribution is 6.33. The van der Waals surface area contributed by atoms with Crippen LogP contribution in [0, 0.1) is 28.6 Å². The largest absolute Gasteiger partial charge is 0.444 e. The molecule has 4 heterocycles. The molecule has 16 heteroatoms. The van der Waals surface area contributed by atoms with Crippen molar-refractivity contribution in [2.24, 2.45) is 5.92 Å². The number of ketones is 2. The van der Waals surface area contributed by atoms with Crippen molar-refractivity contribution in [3.63, 3.8) is 0 Å². The summed E-state index contributed by atoms with van der Waals surface area (Å²) in [6.07, 6.45) is 8.40. The number of piperidine rings is 2. The van der Waals surface area contributed by atoms with Crippen LogP contribution in [0.2, 0.25) is 15.7 Å². The van der Waals surface area contributed by atoms with Crippen molar-refractivity contribution in [1.29, 1.82) is 10.5 Å². The van der Waals surface area contributed by atoms with E-state index in [1.165, 1.54) is 12.8 Å². The first-order valence-corrected chi connectivity index (χ1v) is 18.2. The number of rotatable bonds is 3. The average Bonchev–Trinajstić information content (AvgIpc) is 3.06. The van der Waals surface area contributed by atoms with Crippen LogP contribution in [0.25, 0.3) is 0 Å². The molecule has 2 aliphatic carbocycles. The van der Waals surface area contributed by atoms with Crippen LogP contribution in [0.4, 0.5) is 4.79 Å². The lowest BCUT2D eigenvalue weighted by Crippen LogP contribution is -2.47. The van der Waals surface area contributed by atoms with E-state index in [0.717, 1.165) is 62.0 Å². The number of carbonyl (C=O) groups is 3. The first-order valence-electron chi connectivity index (χ1n) is 17.1. The summed E-state index contributed by atoms with van der Waals surface area (Å²) < 4.78 is 5.50. The standard InChI is InChI=1S/C20H25ClN4O3.C8H6Cl2N2O.C7H12N2.ClH/c1-20(2,3)28-19(27)25-10-8-12(11-13(25)7-9-22)16-14-5-4-6-15(26)17(14)24-18(21)23-16;9-7-4-2-1-3-5(13)6(4)11-8(10)12-7;8-4-3-7-2-1-5-9-6-7;/h12-13H,4-8,10-11H2,1-3H3;1-3H2;7,9H,1-3,5-6H2;1H/t12?,13-;;7-;/m0.0./s1. The summed E-state index contributed by atoms with van der Waals surface area (Å²) in [4.78, 5) is 54.1. The second-order valence-electron chi connectivity index (χ2n) is 13.9. The van der Waals surface area contributed by atoms with Crippen LogP contribution in [0.15, 0.2) is 0 Å². The Kier molecular flexibility index (Phi) is 16.3. The molecule has 2 aromatic rings. The molecular weight excluding hydrogens is 738 g/mol. The van der Waals surface area contributed by atoms with Crippen LogP contribution < -0.4 is 5.32 Å². The van der Waals surface area contributed by atoms with Crippen LogP contribution in [-0.4, -0.2) is 73.8 Å². The molecule has 0 aromatic carbocycles. The molecule has 0 spiro atoms. The molecule has 4 aliphatic rings. The van der Waals surface area contributed by atoms with Gasteiger partial charge in [0.1, 0.15) is 22.1 Å². The maximum Gasteiger partial charge on any atom is 0.410 e. The van der Waals surface area contributed by atoms with Gasteiger partial charge >= 0.3 is 6.09 Å². The number of aromatic nitrogens is 4. The topological polar surface area (TPSA) is 175 Å². The molecule has 2 aromatic heterocycles. The zero-order valence-electron chi connectivity index (χ0n) is 29.1. The molecule has 6 rings (SSSR count). The van der Waals surface area contributed by atoms with Crippen molar-refractivity contribution in [3.8, 4) is 12.1 Å². The summed E-state index contributed by atoms with van der Waals surface area (Å²) in [7, 11) is 0. The number of amides is 1. The van der Waals surface area contributed by atoms with Crippen LogP contribution in [0.5, 0.6) is 0 Å². The molecule has 276 valence electrons. The molecule has 3 atom stereocenters. The molecule has 1 unspecified atom stereocenters. The Balaban J connectivity index is 0.000000250. The number of nitriles is 2. The monoisotopic (exact) mass is 780 g/mol. The van der Waals surface area contributed by atoms with Crippen LogP contribution in [0.1, 0.15) is 129 Å². The third-order valence-electron chi connectivity index (χ3n) is 8.97. The number of nitrogens with zero attached hydrogens (tertiary/aromatic N) is 7. The number of Topliss-reactive ketones (excluding diaryl/α,β-unsaturated/α-hetero) is 2. The first kappa shape index (κ1) is 42.3. The number of likely N-dealkylation sites (tertiary alicyclic amines) is 1. The van der Waals surface area contributed by atoms with Gasteiger partial charge in [0.25, 0.3) is 0 Å². The SMILES string of the molecule is CC(C)(C)OC(=O)N1CCC(c2nc(Cl)nc3c2CCCC3=O)C[C@@H]1CC#N.Cl.N#CC[C@@H]1CCCNC1.O=C1CCCc2c(Cl)nc(Cl)nc21. The molecule has 0 saturated carbocycles. The molecule has 2 aliphatic heterocycles. The van der Waals surface area contributed by atoms with Gasteiger partial charge in [-0.1, -0.05) is 11.6 Å². The van der Waals surface area contributed by atoms with Gasteiger partial charge in [0.15, 0.2) is 11.6 Å². The Hall–Kier alpha value is -3.13. The van der Waals surface area contributed by atoms with Crippen molar-refractivity contribution in [1.82, 2.24) is 30.2 Å². The molecule has 2 fully saturated rings. The lowest BCUT2D eigenvalue weighted by atomic mass is 9.82. The number of nitrogens with one attached hydrogen (secondary N) is 1. The minimum atomic E-state index is -0.593. The van der Waals surface area contributed by atoms with Gasteiger partial charge in [0, 0.05) is 48.9 Å². The number of halogens is 4. The molecule has 12 nitrogen and oxygen atoms in total. The third-order valence-corrected chi connectivity index (χ3v) is 9.62. The average molecular weight is 783 g/mol. The number of ether oxygens (including phenoxy) is 1. The van der Waals surface area contributed by atoms with Gasteiger partial charge in [-0.3, -0.25) is 9.59 Å². The van der Waals surface area contributed by atoms with E-state index in [4.69, 9.17) is 44.8 Å². The van der Waals surface area contributed by atoms with Crippen molar-refractivity contribution < 1.29 is 19.1 Å².